The molecule has 1 unspecified atom stereocenters. The highest BCUT2D eigenvalue weighted by atomic mass is 32.2. The zero-order chi connectivity index (χ0) is 16.0. The number of carbonyl (C=O) groups excluding carboxylic acids is 1. The maximum Gasteiger partial charge on any atom is 0.305 e. The van der Waals surface area contributed by atoms with Gasteiger partial charge in [0.2, 0.25) is 5.91 Å². The largest absolute Gasteiger partial charge is 0.481 e. The van der Waals surface area contributed by atoms with Crippen LogP contribution >= 0.6 is 11.8 Å². The second-order valence-electron chi connectivity index (χ2n) is 5.98. The maximum atomic E-state index is 12.0. The molecular formula is C16H23NO3S. The highest BCUT2D eigenvalue weighted by Gasteiger charge is 2.21. The van der Waals surface area contributed by atoms with E-state index in [9.17, 15) is 9.59 Å². The second kappa shape index (κ2) is 7.50. The van der Waals surface area contributed by atoms with Gasteiger partial charge in [-0.15, -0.1) is 11.8 Å². The molecular weight excluding hydrogens is 286 g/mol. The van der Waals surface area contributed by atoms with E-state index in [-0.39, 0.29) is 17.1 Å². The van der Waals surface area contributed by atoms with Gasteiger partial charge >= 0.3 is 5.97 Å². The molecule has 0 aromatic heterocycles. The van der Waals surface area contributed by atoms with Crippen LogP contribution in [0, 0.1) is 6.92 Å². The Labute approximate surface area is 130 Å². The zero-order valence-electron chi connectivity index (χ0n) is 13.0. The molecule has 4 nitrogen and oxygen atoms in total. The Morgan fingerprint density at radius 1 is 1.29 bits per heavy atom. The van der Waals surface area contributed by atoms with Gasteiger partial charge in [0, 0.05) is 4.75 Å². The Morgan fingerprint density at radius 3 is 2.43 bits per heavy atom. The fourth-order valence-electron chi connectivity index (χ4n) is 1.91. The number of carbonyl (C=O) groups is 2. The van der Waals surface area contributed by atoms with Crippen LogP contribution in [0.15, 0.2) is 24.3 Å². The summed E-state index contributed by atoms with van der Waals surface area (Å²) in [7, 11) is 0. The van der Waals surface area contributed by atoms with E-state index in [1.165, 1.54) is 0 Å². The maximum absolute atomic E-state index is 12.0. The van der Waals surface area contributed by atoms with E-state index in [0.717, 1.165) is 11.1 Å². The predicted octanol–water partition coefficient (Wildman–Crippen LogP) is 3.16. The Hall–Kier alpha value is -1.49. The minimum absolute atomic E-state index is 0.00228. The van der Waals surface area contributed by atoms with E-state index in [2.05, 4.69) is 5.32 Å². The molecule has 1 aromatic rings. The highest BCUT2D eigenvalue weighted by molar-refractivity contribution is 8.01. The zero-order valence-corrected chi connectivity index (χ0v) is 13.8. The first-order chi connectivity index (χ1) is 9.69. The van der Waals surface area contributed by atoms with Crippen LogP contribution in [-0.4, -0.2) is 27.5 Å². The molecule has 1 atom stereocenters. The Kier molecular flexibility index (Phi) is 6.27. The number of nitrogens with one attached hydrogen (secondary N) is 1. The summed E-state index contributed by atoms with van der Waals surface area (Å²) in [5.74, 6) is -0.734. The molecule has 1 aromatic carbocycles. The van der Waals surface area contributed by atoms with Gasteiger partial charge in [0.15, 0.2) is 0 Å². The summed E-state index contributed by atoms with van der Waals surface area (Å²) in [6, 6.07) is 7.04. The molecule has 1 rings (SSSR count). The number of aryl methyl sites for hydroxylation is 1. The van der Waals surface area contributed by atoms with Crippen LogP contribution in [-0.2, 0) is 9.59 Å². The van der Waals surface area contributed by atoms with Crippen molar-refractivity contribution in [3.8, 4) is 0 Å². The van der Waals surface area contributed by atoms with E-state index in [1.54, 1.807) is 11.8 Å². The van der Waals surface area contributed by atoms with Crippen molar-refractivity contribution in [2.45, 2.75) is 44.9 Å². The van der Waals surface area contributed by atoms with Crippen LogP contribution < -0.4 is 5.32 Å². The molecule has 0 spiro atoms. The molecule has 0 aliphatic heterocycles. The monoisotopic (exact) mass is 309 g/mol. The van der Waals surface area contributed by atoms with Crippen LogP contribution in [0.3, 0.4) is 0 Å². The SMILES string of the molecule is Cc1ccccc1C(CC(=O)O)NC(=O)CSC(C)(C)C. The summed E-state index contributed by atoms with van der Waals surface area (Å²) in [6.45, 7) is 8.04. The summed E-state index contributed by atoms with van der Waals surface area (Å²) in [6.07, 6.45) is -0.114. The number of carboxylic acid groups (broad SMARTS) is 1. The quantitative estimate of drug-likeness (QED) is 0.847. The minimum Gasteiger partial charge on any atom is -0.481 e. The fourth-order valence-corrected chi connectivity index (χ4v) is 2.56. The summed E-state index contributed by atoms with van der Waals surface area (Å²) in [4.78, 5) is 23.1. The lowest BCUT2D eigenvalue weighted by Crippen LogP contribution is -2.32. The number of hydrogen-bond acceptors (Lipinski definition) is 3. The number of aliphatic carboxylic acids is 1. The van der Waals surface area contributed by atoms with Crippen molar-refractivity contribution in [3.63, 3.8) is 0 Å². The molecule has 0 aliphatic rings. The second-order valence-corrected chi connectivity index (χ2v) is 7.78. The Morgan fingerprint density at radius 2 is 1.90 bits per heavy atom. The van der Waals surface area contributed by atoms with Crippen molar-refractivity contribution in [3.05, 3.63) is 35.4 Å². The standard InChI is InChI=1S/C16H23NO3S/c1-11-7-5-6-8-12(11)13(9-15(19)20)17-14(18)10-21-16(2,3)4/h5-8,13H,9-10H2,1-4H3,(H,17,18)(H,19,20). The molecule has 0 bridgehead atoms. The molecule has 116 valence electrons. The first kappa shape index (κ1) is 17.6. The van der Waals surface area contributed by atoms with Crippen LogP contribution in [0.25, 0.3) is 0 Å². The average Bonchev–Trinajstić information content (AvgIpc) is 2.35. The molecule has 5 heteroatoms. The lowest BCUT2D eigenvalue weighted by molar-refractivity contribution is -0.137. The highest BCUT2D eigenvalue weighted by Crippen LogP contribution is 2.24. The number of thioether (sulfide) groups is 1. The number of benzene rings is 1. The van der Waals surface area contributed by atoms with E-state index >= 15 is 0 Å². The summed E-state index contributed by atoms with van der Waals surface area (Å²) >= 11 is 1.54. The molecule has 0 aliphatic carbocycles. The van der Waals surface area contributed by atoms with E-state index in [0.29, 0.717) is 5.75 Å². The third-order valence-electron chi connectivity index (χ3n) is 2.91. The molecule has 0 heterocycles. The van der Waals surface area contributed by atoms with E-state index < -0.39 is 12.0 Å². The van der Waals surface area contributed by atoms with Crippen LogP contribution in [0.5, 0.6) is 0 Å². The van der Waals surface area contributed by atoms with Gasteiger partial charge in [-0.2, -0.15) is 0 Å². The third kappa shape index (κ3) is 6.67. The van der Waals surface area contributed by atoms with Crippen molar-refractivity contribution >= 4 is 23.6 Å². The van der Waals surface area contributed by atoms with Crippen molar-refractivity contribution in [1.29, 1.82) is 0 Å². The van der Waals surface area contributed by atoms with Gasteiger partial charge in [-0.3, -0.25) is 9.59 Å². The molecule has 0 radical (unpaired) electrons. The Bertz CT molecular complexity index is 508. The lowest BCUT2D eigenvalue weighted by Gasteiger charge is -2.21. The first-order valence-electron chi connectivity index (χ1n) is 6.89. The molecule has 2 N–H and O–H groups in total. The van der Waals surface area contributed by atoms with E-state index in [4.69, 9.17) is 5.11 Å². The number of rotatable bonds is 6. The van der Waals surface area contributed by atoms with Crippen molar-refractivity contribution < 1.29 is 14.7 Å². The number of carboxylic acids is 1. The van der Waals surface area contributed by atoms with E-state index in [1.807, 2.05) is 52.0 Å². The molecule has 0 saturated heterocycles. The Balaban J connectivity index is 2.78. The van der Waals surface area contributed by atoms with Crippen molar-refractivity contribution in [2.24, 2.45) is 0 Å². The molecule has 0 fully saturated rings. The lowest BCUT2D eigenvalue weighted by atomic mass is 9.99. The van der Waals surface area contributed by atoms with Gasteiger partial charge in [0.25, 0.3) is 0 Å². The van der Waals surface area contributed by atoms with Gasteiger partial charge in [0.05, 0.1) is 18.2 Å². The molecule has 0 saturated carbocycles. The van der Waals surface area contributed by atoms with Crippen molar-refractivity contribution in [1.82, 2.24) is 5.32 Å². The fraction of sp³-hybridized carbons (Fsp3) is 0.500. The van der Waals surface area contributed by atoms with Crippen LogP contribution in [0.2, 0.25) is 0 Å². The van der Waals surface area contributed by atoms with Gasteiger partial charge in [0.1, 0.15) is 0 Å². The van der Waals surface area contributed by atoms with Crippen LogP contribution in [0.1, 0.15) is 44.4 Å². The molecule has 1 amide bonds. The summed E-state index contributed by atoms with van der Waals surface area (Å²) in [5, 5.41) is 11.9. The normalized spacial score (nSPS) is 12.8. The molecule has 21 heavy (non-hydrogen) atoms. The average molecular weight is 309 g/mol. The van der Waals surface area contributed by atoms with Crippen LogP contribution in [0.4, 0.5) is 0 Å². The predicted molar refractivity (Wildman–Crippen MR) is 86.5 cm³/mol. The van der Waals surface area contributed by atoms with Gasteiger partial charge in [-0.1, -0.05) is 45.0 Å². The van der Waals surface area contributed by atoms with Gasteiger partial charge in [-0.25, -0.2) is 0 Å². The number of amides is 1. The smallest absolute Gasteiger partial charge is 0.305 e. The van der Waals surface area contributed by atoms with Gasteiger partial charge in [-0.05, 0) is 18.1 Å². The van der Waals surface area contributed by atoms with Gasteiger partial charge < -0.3 is 10.4 Å². The summed E-state index contributed by atoms with van der Waals surface area (Å²) in [5.41, 5.74) is 1.83. The number of hydrogen-bond donors (Lipinski definition) is 2. The minimum atomic E-state index is -0.924. The van der Waals surface area contributed by atoms with Crippen molar-refractivity contribution in [2.75, 3.05) is 5.75 Å². The summed E-state index contributed by atoms with van der Waals surface area (Å²) < 4.78 is 0.00228. The third-order valence-corrected chi connectivity index (χ3v) is 4.19. The first-order valence-corrected chi connectivity index (χ1v) is 7.88. The topological polar surface area (TPSA) is 66.4 Å².